The van der Waals surface area contributed by atoms with Crippen molar-refractivity contribution in [1.82, 2.24) is 24.3 Å². The molecule has 0 unspecified atom stereocenters. The highest BCUT2D eigenvalue weighted by atomic mass is 15.2. The molecule has 0 radical (unpaired) electrons. The Morgan fingerprint density at radius 2 is 2.29 bits per heavy atom. The minimum absolute atomic E-state index is 0.571. The summed E-state index contributed by atoms with van der Waals surface area (Å²) < 4.78 is 1.72. The highest BCUT2D eigenvalue weighted by Crippen LogP contribution is 2.07. The van der Waals surface area contributed by atoms with E-state index < -0.39 is 0 Å². The van der Waals surface area contributed by atoms with Crippen LogP contribution in [0, 0.1) is 0 Å². The fraction of sp³-hybridized carbons (Fsp3) is 0.250. The van der Waals surface area contributed by atoms with E-state index in [0.717, 1.165) is 5.65 Å². The van der Waals surface area contributed by atoms with E-state index in [1.165, 1.54) is 6.33 Å². The van der Waals surface area contributed by atoms with Crippen LogP contribution in [0.5, 0.6) is 0 Å². The second-order valence-corrected chi connectivity index (χ2v) is 3.00. The van der Waals surface area contributed by atoms with Crippen LogP contribution < -0.4 is 0 Å². The Kier molecular flexibility index (Phi) is 2.10. The van der Waals surface area contributed by atoms with E-state index in [2.05, 4.69) is 19.9 Å². The summed E-state index contributed by atoms with van der Waals surface area (Å²) in [5.74, 6) is 0.571. The lowest BCUT2D eigenvalue weighted by Crippen LogP contribution is -2.07. The predicted octanol–water partition coefficient (Wildman–Crippen LogP) is 0.346. The molecular formula is C8H10N6. The van der Waals surface area contributed by atoms with E-state index in [1.54, 1.807) is 23.3 Å². The van der Waals surface area contributed by atoms with Crippen molar-refractivity contribution in [3.8, 4) is 0 Å². The van der Waals surface area contributed by atoms with Gasteiger partial charge in [-0.1, -0.05) is 0 Å². The van der Waals surface area contributed by atoms with Crippen molar-refractivity contribution in [3.05, 3.63) is 18.9 Å². The molecule has 0 aliphatic heterocycles. The Morgan fingerprint density at radius 1 is 1.43 bits per heavy atom. The van der Waals surface area contributed by atoms with E-state index in [9.17, 15) is 0 Å². The van der Waals surface area contributed by atoms with Gasteiger partial charge >= 0.3 is 0 Å². The SMILES string of the molecule is CN(C)/C=N/c1ncnc2cncn12. The first-order chi connectivity index (χ1) is 6.77. The van der Waals surface area contributed by atoms with Crippen molar-refractivity contribution in [2.75, 3.05) is 14.1 Å². The summed E-state index contributed by atoms with van der Waals surface area (Å²) >= 11 is 0. The zero-order chi connectivity index (χ0) is 9.97. The molecule has 6 nitrogen and oxygen atoms in total. The molecule has 0 saturated heterocycles. The van der Waals surface area contributed by atoms with Crippen LogP contribution in [0.3, 0.4) is 0 Å². The first kappa shape index (κ1) is 8.61. The van der Waals surface area contributed by atoms with E-state index in [0.29, 0.717) is 5.95 Å². The third-order valence-corrected chi connectivity index (χ3v) is 1.60. The number of rotatable bonds is 2. The quantitative estimate of drug-likeness (QED) is 0.506. The van der Waals surface area contributed by atoms with Gasteiger partial charge in [0.25, 0.3) is 0 Å². The van der Waals surface area contributed by atoms with Gasteiger partial charge in [-0.2, -0.15) is 0 Å². The van der Waals surface area contributed by atoms with Crippen molar-refractivity contribution in [2.24, 2.45) is 4.99 Å². The van der Waals surface area contributed by atoms with E-state index in [-0.39, 0.29) is 0 Å². The van der Waals surface area contributed by atoms with Crippen LogP contribution in [-0.2, 0) is 0 Å². The summed E-state index contributed by atoms with van der Waals surface area (Å²) in [6, 6.07) is 0. The summed E-state index contributed by atoms with van der Waals surface area (Å²) in [6.45, 7) is 0. The molecule has 0 amide bonds. The topological polar surface area (TPSA) is 58.7 Å². The van der Waals surface area contributed by atoms with Crippen LogP contribution in [0.4, 0.5) is 5.95 Å². The van der Waals surface area contributed by atoms with Crippen molar-refractivity contribution in [1.29, 1.82) is 0 Å². The average molecular weight is 190 g/mol. The van der Waals surface area contributed by atoms with E-state index in [1.807, 2.05) is 19.0 Å². The van der Waals surface area contributed by atoms with Crippen LogP contribution in [0.2, 0.25) is 0 Å². The number of hydrogen-bond acceptors (Lipinski definition) is 4. The molecule has 0 aliphatic carbocycles. The van der Waals surface area contributed by atoms with Crippen molar-refractivity contribution < 1.29 is 0 Å². The van der Waals surface area contributed by atoms with Gasteiger partial charge in [-0.3, -0.25) is 4.40 Å². The third kappa shape index (κ3) is 1.54. The van der Waals surface area contributed by atoms with E-state index in [4.69, 9.17) is 0 Å². The molecule has 0 saturated carbocycles. The molecule has 14 heavy (non-hydrogen) atoms. The van der Waals surface area contributed by atoms with Crippen LogP contribution in [0.25, 0.3) is 5.65 Å². The number of fused-ring (bicyclic) bond motifs is 1. The van der Waals surface area contributed by atoms with Gasteiger partial charge < -0.3 is 4.90 Å². The van der Waals surface area contributed by atoms with Gasteiger partial charge in [0, 0.05) is 14.1 Å². The molecule has 6 heteroatoms. The van der Waals surface area contributed by atoms with Gasteiger partial charge in [-0.05, 0) is 0 Å². The molecule has 72 valence electrons. The fourth-order valence-electron chi connectivity index (χ4n) is 1.00. The van der Waals surface area contributed by atoms with Gasteiger partial charge in [0.2, 0.25) is 5.95 Å². The maximum absolute atomic E-state index is 4.18. The number of hydrogen-bond donors (Lipinski definition) is 0. The largest absolute Gasteiger partial charge is 0.369 e. The number of aromatic nitrogens is 4. The lowest BCUT2D eigenvalue weighted by molar-refractivity contribution is 0.642. The molecule has 0 atom stereocenters. The van der Waals surface area contributed by atoms with Crippen LogP contribution in [-0.4, -0.2) is 44.7 Å². The first-order valence-corrected chi connectivity index (χ1v) is 4.11. The van der Waals surface area contributed by atoms with E-state index >= 15 is 0 Å². The summed E-state index contributed by atoms with van der Waals surface area (Å²) in [5.41, 5.74) is 0.742. The highest BCUT2D eigenvalue weighted by molar-refractivity contribution is 5.58. The maximum Gasteiger partial charge on any atom is 0.239 e. The van der Waals surface area contributed by atoms with Gasteiger partial charge in [-0.25, -0.2) is 19.9 Å². The monoisotopic (exact) mass is 190 g/mol. The number of imidazole rings is 1. The smallest absolute Gasteiger partial charge is 0.239 e. The minimum Gasteiger partial charge on any atom is -0.369 e. The van der Waals surface area contributed by atoms with Crippen LogP contribution >= 0.6 is 0 Å². The normalized spacial score (nSPS) is 11.3. The molecule has 2 aromatic rings. The van der Waals surface area contributed by atoms with Crippen molar-refractivity contribution >= 4 is 17.9 Å². The summed E-state index contributed by atoms with van der Waals surface area (Å²) in [6.07, 6.45) is 6.45. The standard InChI is InChI=1S/C8H10N6/c1-13(2)6-12-8-11-4-10-7-3-9-5-14(7)8/h3-6H,1-2H3/b12-6+. The number of nitrogens with zero attached hydrogens (tertiary/aromatic N) is 6. The van der Waals surface area contributed by atoms with Crippen molar-refractivity contribution in [3.63, 3.8) is 0 Å². The third-order valence-electron chi connectivity index (χ3n) is 1.60. The Labute approximate surface area is 81.0 Å². The molecule has 2 heterocycles. The van der Waals surface area contributed by atoms with Crippen LogP contribution in [0.15, 0.2) is 23.8 Å². The maximum atomic E-state index is 4.18. The minimum atomic E-state index is 0.571. The molecule has 0 fully saturated rings. The predicted molar refractivity (Wildman–Crippen MR) is 52.6 cm³/mol. The summed E-state index contributed by atoms with van der Waals surface area (Å²) in [4.78, 5) is 18.0. The first-order valence-electron chi connectivity index (χ1n) is 4.11. The molecule has 2 aromatic heterocycles. The molecule has 2 rings (SSSR count). The lowest BCUT2D eigenvalue weighted by atomic mass is 10.7. The lowest BCUT2D eigenvalue weighted by Gasteiger charge is -2.02. The Balaban J connectivity index is 2.46. The van der Waals surface area contributed by atoms with Gasteiger partial charge in [-0.15, -0.1) is 0 Å². The zero-order valence-corrected chi connectivity index (χ0v) is 7.99. The Morgan fingerprint density at radius 3 is 3.07 bits per heavy atom. The average Bonchev–Trinajstić information content (AvgIpc) is 2.62. The highest BCUT2D eigenvalue weighted by Gasteiger charge is 1.99. The molecule has 0 spiro atoms. The Bertz CT molecular complexity index is 458. The Hall–Kier alpha value is -1.98. The van der Waals surface area contributed by atoms with Gasteiger partial charge in [0.1, 0.15) is 12.7 Å². The van der Waals surface area contributed by atoms with Crippen molar-refractivity contribution in [2.45, 2.75) is 0 Å². The van der Waals surface area contributed by atoms with Gasteiger partial charge in [0.15, 0.2) is 5.65 Å². The molecule has 0 N–H and O–H groups in total. The zero-order valence-electron chi connectivity index (χ0n) is 7.99. The second-order valence-electron chi connectivity index (χ2n) is 3.00. The summed E-state index contributed by atoms with van der Waals surface area (Å²) in [7, 11) is 3.80. The van der Waals surface area contributed by atoms with Gasteiger partial charge in [0.05, 0.1) is 12.5 Å². The summed E-state index contributed by atoms with van der Waals surface area (Å²) in [5, 5.41) is 0. The molecule has 0 bridgehead atoms. The number of aliphatic imine (C=N–C) groups is 1. The fourth-order valence-corrected chi connectivity index (χ4v) is 1.00. The molecular weight excluding hydrogens is 180 g/mol. The molecule has 0 aliphatic rings. The molecule has 0 aromatic carbocycles. The van der Waals surface area contributed by atoms with Crippen LogP contribution in [0.1, 0.15) is 0 Å². The second kappa shape index (κ2) is 3.41.